The number of hydrogen-bond acceptors (Lipinski definition) is 4. The number of benzene rings is 2. The molecule has 0 saturated carbocycles. The highest BCUT2D eigenvalue weighted by atomic mass is 35.5. The van der Waals surface area contributed by atoms with Gasteiger partial charge in [-0.05, 0) is 36.4 Å². The lowest BCUT2D eigenvalue weighted by atomic mass is 10.2. The molecule has 1 heterocycles. The zero-order chi connectivity index (χ0) is 19.4. The molecule has 0 aliphatic carbocycles. The largest absolute Gasteiger partial charge is 0.360 e. The molecule has 1 aliphatic rings. The second kappa shape index (κ2) is 8.32. The van der Waals surface area contributed by atoms with Crippen molar-refractivity contribution in [3.63, 3.8) is 0 Å². The van der Waals surface area contributed by atoms with E-state index in [9.17, 15) is 19.3 Å². The van der Waals surface area contributed by atoms with Gasteiger partial charge < -0.3 is 15.1 Å². The maximum Gasteiger partial charge on any atom is 0.292 e. The van der Waals surface area contributed by atoms with Crippen LogP contribution < -0.4 is 15.1 Å². The van der Waals surface area contributed by atoms with Crippen molar-refractivity contribution in [3.05, 3.63) is 63.4 Å². The van der Waals surface area contributed by atoms with Crippen LogP contribution in [0.1, 0.15) is 0 Å². The number of rotatable bonds is 5. The van der Waals surface area contributed by atoms with Crippen LogP contribution in [0.15, 0.2) is 42.5 Å². The van der Waals surface area contributed by atoms with Crippen LogP contribution in [0.25, 0.3) is 0 Å². The molecule has 27 heavy (non-hydrogen) atoms. The number of nitrogens with zero attached hydrogens (tertiary/aromatic N) is 2. The summed E-state index contributed by atoms with van der Waals surface area (Å²) in [5.74, 6) is -0.569. The molecule has 9 heteroatoms. The summed E-state index contributed by atoms with van der Waals surface area (Å²) in [4.78, 5) is 26.0. The number of anilines is 2. The summed E-state index contributed by atoms with van der Waals surface area (Å²) in [6.07, 6.45) is 0. The molecule has 3 rings (SSSR count). The third-order valence-electron chi connectivity index (χ3n) is 4.50. The lowest BCUT2D eigenvalue weighted by Gasteiger charge is -2.33. The minimum Gasteiger partial charge on any atom is -0.360 e. The summed E-state index contributed by atoms with van der Waals surface area (Å²) >= 11 is 5.87. The number of piperazine rings is 1. The van der Waals surface area contributed by atoms with Crippen LogP contribution in [0, 0.1) is 15.9 Å². The molecule has 2 aromatic rings. The number of carbonyl (C=O) groups excluding carboxylic acids is 1. The molecule has 0 bridgehead atoms. The van der Waals surface area contributed by atoms with E-state index in [0.29, 0.717) is 5.02 Å². The smallest absolute Gasteiger partial charge is 0.292 e. The van der Waals surface area contributed by atoms with Crippen LogP contribution in [0.4, 0.5) is 21.5 Å². The van der Waals surface area contributed by atoms with E-state index in [1.807, 2.05) is 0 Å². The number of quaternary nitrogens is 1. The van der Waals surface area contributed by atoms with Gasteiger partial charge >= 0.3 is 0 Å². The van der Waals surface area contributed by atoms with Gasteiger partial charge in [-0.15, -0.1) is 0 Å². The number of nitro benzene ring substituents is 1. The van der Waals surface area contributed by atoms with Crippen LogP contribution in [0.5, 0.6) is 0 Å². The fraction of sp³-hybridized carbons (Fsp3) is 0.278. The third kappa shape index (κ3) is 4.93. The highest BCUT2D eigenvalue weighted by molar-refractivity contribution is 6.31. The topological polar surface area (TPSA) is 79.9 Å². The Morgan fingerprint density at radius 2 is 1.89 bits per heavy atom. The Kier molecular flexibility index (Phi) is 5.88. The van der Waals surface area contributed by atoms with Crippen molar-refractivity contribution in [1.29, 1.82) is 0 Å². The standard InChI is InChI=1S/C18H18ClFN4O3/c19-13-1-6-17(24(26)27)16(11-13)21-18(25)12-22-7-9-23(10-8-22)15-4-2-14(20)3-5-15/h1-6,11H,7-10,12H2,(H,21,25)/p+1. The Balaban J connectivity index is 1.55. The molecule has 0 radical (unpaired) electrons. The Labute approximate surface area is 160 Å². The van der Waals surface area contributed by atoms with Crippen LogP contribution in [0.3, 0.4) is 0 Å². The lowest BCUT2D eigenvalue weighted by molar-refractivity contribution is -0.892. The molecular formula is C18H19ClFN4O3+. The molecule has 2 aromatic carbocycles. The first-order valence-electron chi connectivity index (χ1n) is 8.50. The number of nitro groups is 1. The summed E-state index contributed by atoms with van der Waals surface area (Å²) in [6, 6.07) is 10.4. The van der Waals surface area contributed by atoms with E-state index < -0.39 is 4.92 Å². The maximum absolute atomic E-state index is 13.0. The van der Waals surface area contributed by atoms with Gasteiger partial charge in [0.25, 0.3) is 11.6 Å². The SMILES string of the molecule is O=C(C[NH+]1CCN(c2ccc(F)cc2)CC1)Nc1cc(Cl)ccc1[N+](=O)[O-]. The number of amides is 1. The van der Waals surface area contributed by atoms with Gasteiger partial charge in [-0.1, -0.05) is 11.6 Å². The Morgan fingerprint density at radius 1 is 1.22 bits per heavy atom. The monoisotopic (exact) mass is 393 g/mol. The van der Waals surface area contributed by atoms with Crippen LogP contribution in [-0.4, -0.2) is 43.6 Å². The van der Waals surface area contributed by atoms with Crippen molar-refractivity contribution in [2.75, 3.05) is 42.9 Å². The molecule has 142 valence electrons. The Bertz CT molecular complexity index is 839. The van der Waals surface area contributed by atoms with Crippen molar-refractivity contribution < 1.29 is 19.0 Å². The zero-order valence-corrected chi connectivity index (χ0v) is 15.2. The fourth-order valence-electron chi connectivity index (χ4n) is 3.10. The fourth-order valence-corrected chi connectivity index (χ4v) is 3.27. The van der Waals surface area contributed by atoms with Crippen molar-refractivity contribution in [3.8, 4) is 0 Å². The highest BCUT2D eigenvalue weighted by Gasteiger charge is 2.24. The van der Waals surface area contributed by atoms with Crippen LogP contribution >= 0.6 is 11.6 Å². The second-order valence-corrected chi connectivity index (χ2v) is 6.79. The molecule has 0 spiro atoms. The van der Waals surface area contributed by atoms with Crippen LogP contribution in [-0.2, 0) is 4.79 Å². The minimum absolute atomic E-state index is 0.0989. The summed E-state index contributed by atoms with van der Waals surface area (Å²) in [5.41, 5.74) is 0.861. The zero-order valence-electron chi connectivity index (χ0n) is 14.5. The summed E-state index contributed by atoms with van der Waals surface area (Å²) in [5, 5.41) is 14.0. The molecular weight excluding hydrogens is 375 g/mol. The molecule has 0 unspecified atom stereocenters. The normalized spacial score (nSPS) is 14.8. The first-order chi connectivity index (χ1) is 12.9. The van der Waals surface area contributed by atoms with E-state index in [-0.39, 0.29) is 29.6 Å². The van der Waals surface area contributed by atoms with Crippen molar-refractivity contribution in [2.45, 2.75) is 0 Å². The molecule has 2 N–H and O–H groups in total. The molecule has 0 atom stereocenters. The van der Waals surface area contributed by atoms with Gasteiger partial charge in [0.1, 0.15) is 11.5 Å². The van der Waals surface area contributed by atoms with Crippen molar-refractivity contribution >= 4 is 34.6 Å². The molecule has 1 saturated heterocycles. The van der Waals surface area contributed by atoms with Crippen molar-refractivity contribution in [2.24, 2.45) is 0 Å². The first kappa shape index (κ1) is 19.1. The quantitative estimate of drug-likeness (QED) is 0.599. The van der Waals surface area contributed by atoms with Gasteiger partial charge in [-0.2, -0.15) is 0 Å². The summed E-state index contributed by atoms with van der Waals surface area (Å²) < 4.78 is 13.0. The van der Waals surface area contributed by atoms with Gasteiger partial charge in [0.15, 0.2) is 6.54 Å². The number of halogens is 2. The van der Waals surface area contributed by atoms with Gasteiger partial charge in [-0.25, -0.2) is 4.39 Å². The number of hydrogen-bond donors (Lipinski definition) is 2. The van der Waals surface area contributed by atoms with Gasteiger partial charge in [-0.3, -0.25) is 14.9 Å². The van der Waals surface area contributed by atoms with E-state index in [4.69, 9.17) is 11.6 Å². The summed E-state index contributed by atoms with van der Waals surface area (Å²) in [7, 11) is 0. The van der Waals surface area contributed by atoms with Gasteiger partial charge in [0, 0.05) is 16.8 Å². The van der Waals surface area contributed by atoms with Gasteiger partial charge in [0.2, 0.25) is 0 Å². The van der Waals surface area contributed by atoms with E-state index in [2.05, 4.69) is 10.2 Å². The lowest BCUT2D eigenvalue weighted by Crippen LogP contribution is -3.15. The van der Waals surface area contributed by atoms with Gasteiger partial charge in [0.05, 0.1) is 31.1 Å². The average molecular weight is 394 g/mol. The number of carbonyl (C=O) groups is 1. The van der Waals surface area contributed by atoms with E-state index in [1.165, 1.54) is 30.3 Å². The third-order valence-corrected chi connectivity index (χ3v) is 4.74. The average Bonchev–Trinajstić information content (AvgIpc) is 2.63. The number of nitrogens with one attached hydrogen (secondary N) is 2. The maximum atomic E-state index is 13.0. The Hall–Kier alpha value is -2.71. The van der Waals surface area contributed by atoms with E-state index >= 15 is 0 Å². The molecule has 7 nitrogen and oxygen atoms in total. The minimum atomic E-state index is -0.555. The molecule has 0 aromatic heterocycles. The van der Waals surface area contributed by atoms with Crippen molar-refractivity contribution in [1.82, 2.24) is 0 Å². The predicted octanol–water partition coefficient (Wildman–Crippen LogP) is 1.73. The van der Waals surface area contributed by atoms with E-state index in [1.54, 1.807) is 12.1 Å². The Morgan fingerprint density at radius 3 is 2.52 bits per heavy atom. The molecule has 1 amide bonds. The highest BCUT2D eigenvalue weighted by Crippen LogP contribution is 2.27. The first-order valence-corrected chi connectivity index (χ1v) is 8.88. The summed E-state index contributed by atoms with van der Waals surface area (Å²) in [6.45, 7) is 3.17. The van der Waals surface area contributed by atoms with E-state index in [0.717, 1.165) is 36.8 Å². The molecule has 1 fully saturated rings. The van der Waals surface area contributed by atoms with Crippen LogP contribution in [0.2, 0.25) is 5.02 Å². The molecule has 1 aliphatic heterocycles. The predicted molar refractivity (Wildman–Crippen MR) is 101 cm³/mol. The second-order valence-electron chi connectivity index (χ2n) is 6.36.